The number of benzene rings is 3. The van der Waals surface area contributed by atoms with Gasteiger partial charge in [-0.1, -0.05) is 58.0 Å². The van der Waals surface area contributed by atoms with Gasteiger partial charge in [-0.15, -0.1) is 0 Å². The molecular formula is C66H84F2N12O4. The van der Waals surface area contributed by atoms with E-state index in [0.717, 1.165) is 84.3 Å². The molecule has 5 aromatic rings. The summed E-state index contributed by atoms with van der Waals surface area (Å²) in [6.07, 6.45) is 4.94. The lowest BCUT2D eigenvalue weighted by Crippen LogP contribution is -2.63. The molecular weight excluding hydrogens is 1060 g/mol. The van der Waals surface area contributed by atoms with E-state index in [1.807, 2.05) is 50.2 Å². The summed E-state index contributed by atoms with van der Waals surface area (Å²) in [5.41, 5.74) is 7.84. The highest BCUT2D eigenvalue weighted by Crippen LogP contribution is 2.41. The van der Waals surface area contributed by atoms with Gasteiger partial charge in [0.05, 0.1) is 35.9 Å². The molecule has 4 saturated heterocycles. The summed E-state index contributed by atoms with van der Waals surface area (Å²) < 4.78 is 27.3. The number of carbonyl (C=O) groups is 4. The average Bonchev–Trinajstić information content (AvgIpc) is 2.84. The van der Waals surface area contributed by atoms with Crippen molar-refractivity contribution in [3.05, 3.63) is 154 Å². The van der Waals surface area contributed by atoms with Crippen LogP contribution in [0.2, 0.25) is 0 Å². The molecule has 0 aliphatic carbocycles. The van der Waals surface area contributed by atoms with Gasteiger partial charge >= 0.3 is 0 Å². The minimum atomic E-state index is -0.306. The largest absolute Gasteiger partial charge is 0.336 e. The topological polar surface area (TPSA) is 144 Å². The first kappa shape index (κ1) is 59.2. The molecule has 16 nitrogen and oxygen atoms in total. The SMILES string of the molecule is C[C@@H]1CN(CC(=O)N2CC(C)(C)c3ncc(Cc4ccc(F)cc4)cc32)[C@@H](CN2CCN(C(=O)c3cccc(C(=O)N4CCN(C[C@H]5CN[C@H](C)CN5CC(=O)N5CC(C)(C)c6ncc(Cc7ccc(F)cc7)cc65)[C@H](C)C4)c3)C[C@H]2C)CN1. The standard InChI is InChI=1S/C66H84F2N12O4/c1-43-33-77(39-59(81)79-41-65(5,6)61-57(79)26-49(29-71-61)24-47-12-16-53(67)17-13-47)55(31-69-43)37-73-20-22-75(35-45(73)3)63(83)51-10-9-11-52(28-51)64(84)76-23-21-74(46(4)36-76)38-56-32-70-44(2)34-78(56)40-60(82)80-42-66(7,8)62-58(80)27-50(30-72-62)25-48-14-18-54(68)19-15-48/h9-19,26-30,43-46,55-56,69-70H,20-25,31-42H2,1-8H3/t43-,44-,45-,46-,55-,56-/m1/s1. The second-order valence-corrected chi connectivity index (χ2v) is 26.3. The van der Waals surface area contributed by atoms with Crippen LogP contribution < -0.4 is 20.4 Å². The van der Waals surface area contributed by atoms with Crippen LogP contribution in [0.4, 0.5) is 20.2 Å². The quantitative estimate of drug-likeness (QED) is 0.131. The van der Waals surface area contributed by atoms with Crippen molar-refractivity contribution in [1.29, 1.82) is 0 Å². The molecule has 0 spiro atoms. The van der Waals surface area contributed by atoms with E-state index in [1.165, 1.54) is 24.3 Å². The van der Waals surface area contributed by atoms with E-state index < -0.39 is 0 Å². The van der Waals surface area contributed by atoms with Crippen LogP contribution in [0.3, 0.4) is 0 Å². The first-order chi connectivity index (χ1) is 40.1. The second-order valence-electron chi connectivity index (χ2n) is 26.3. The van der Waals surface area contributed by atoms with E-state index in [9.17, 15) is 28.0 Å². The Labute approximate surface area is 494 Å². The normalized spacial score (nSPS) is 24.7. The molecule has 3 aromatic carbocycles. The smallest absolute Gasteiger partial charge is 0.253 e. The van der Waals surface area contributed by atoms with Crippen LogP contribution in [0.5, 0.6) is 0 Å². The van der Waals surface area contributed by atoms with Gasteiger partial charge in [-0.3, -0.25) is 48.7 Å². The minimum Gasteiger partial charge on any atom is -0.336 e. The zero-order valence-electron chi connectivity index (χ0n) is 50.3. The molecule has 8 heterocycles. The second kappa shape index (κ2) is 24.4. The molecule has 6 atom stereocenters. The summed E-state index contributed by atoms with van der Waals surface area (Å²) in [5, 5.41) is 7.32. The van der Waals surface area contributed by atoms with Crippen molar-refractivity contribution in [3.63, 3.8) is 0 Å². The fraction of sp³-hybridized carbons (Fsp3) is 0.515. The van der Waals surface area contributed by atoms with Crippen molar-refractivity contribution in [2.75, 3.05) is 115 Å². The van der Waals surface area contributed by atoms with Gasteiger partial charge in [0.2, 0.25) is 11.8 Å². The molecule has 446 valence electrons. The summed E-state index contributed by atoms with van der Waals surface area (Å²) >= 11 is 0. The number of piperazine rings is 4. The molecule has 6 aliphatic heterocycles. The van der Waals surface area contributed by atoms with Crippen molar-refractivity contribution in [2.24, 2.45) is 0 Å². The molecule has 18 heteroatoms. The Balaban J connectivity index is 0.671. The number of aromatic nitrogens is 2. The Bertz CT molecular complexity index is 3020. The maximum Gasteiger partial charge on any atom is 0.253 e. The fourth-order valence-corrected chi connectivity index (χ4v) is 13.8. The number of nitrogens with zero attached hydrogens (tertiary/aromatic N) is 10. The number of nitrogens with one attached hydrogen (secondary N) is 2. The van der Waals surface area contributed by atoms with E-state index in [2.05, 4.69) is 97.8 Å². The number of hydrogen-bond acceptors (Lipinski definition) is 12. The predicted octanol–water partition coefficient (Wildman–Crippen LogP) is 6.20. The number of halogens is 2. The monoisotopic (exact) mass is 1150 g/mol. The van der Waals surface area contributed by atoms with Crippen LogP contribution in [0.25, 0.3) is 0 Å². The van der Waals surface area contributed by atoms with E-state index in [-0.39, 0.29) is 95.4 Å². The summed E-state index contributed by atoms with van der Waals surface area (Å²) in [7, 11) is 0. The summed E-state index contributed by atoms with van der Waals surface area (Å²) in [6, 6.07) is 25.1. The Kier molecular flexibility index (Phi) is 17.2. The highest BCUT2D eigenvalue weighted by atomic mass is 19.1. The van der Waals surface area contributed by atoms with E-state index >= 15 is 0 Å². The maximum absolute atomic E-state index is 14.4. The Morgan fingerprint density at radius 3 is 1.32 bits per heavy atom. The summed E-state index contributed by atoms with van der Waals surface area (Å²) in [5.74, 6) is -0.613. The molecule has 0 radical (unpaired) electrons. The first-order valence-corrected chi connectivity index (χ1v) is 30.3. The molecule has 0 saturated carbocycles. The zero-order valence-corrected chi connectivity index (χ0v) is 50.3. The van der Waals surface area contributed by atoms with Gasteiger partial charge in [-0.05, 0) is 117 Å². The van der Waals surface area contributed by atoms with Crippen LogP contribution in [0.1, 0.15) is 110 Å². The lowest BCUT2D eigenvalue weighted by Gasteiger charge is -2.46. The highest BCUT2D eigenvalue weighted by molar-refractivity contribution is 6.00. The van der Waals surface area contributed by atoms with Gasteiger partial charge in [0.15, 0.2) is 0 Å². The molecule has 11 rings (SSSR count). The average molecular weight is 1150 g/mol. The lowest BCUT2D eigenvalue weighted by atomic mass is 9.91. The van der Waals surface area contributed by atoms with Crippen molar-refractivity contribution >= 4 is 35.0 Å². The number of fused-ring (bicyclic) bond motifs is 2. The van der Waals surface area contributed by atoms with Gasteiger partial charge in [0.25, 0.3) is 11.8 Å². The highest BCUT2D eigenvalue weighted by Gasteiger charge is 2.44. The predicted molar refractivity (Wildman–Crippen MR) is 324 cm³/mol. The third kappa shape index (κ3) is 13.0. The number of pyridine rings is 2. The molecule has 4 fully saturated rings. The molecule has 4 amide bonds. The third-order valence-electron chi connectivity index (χ3n) is 18.5. The van der Waals surface area contributed by atoms with Gasteiger partial charge in [-0.2, -0.15) is 0 Å². The van der Waals surface area contributed by atoms with Crippen molar-refractivity contribution in [3.8, 4) is 0 Å². The van der Waals surface area contributed by atoms with Crippen molar-refractivity contribution < 1.29 is 28.0 Å². The van der Waals surface area contributed by atoms with Gasteiger partial charge in [0.1, 0.15) is 11.6 Å². The molecule has 6 aliphatic rings. The van der Waals surface area contributed by atoms with E-state index in [4.69, 9.17) is 9.97 Å². The molecule has 2 N–H and O–H groups in total. The zero-order chi connectivity index (χ0) is 59.2. The molecule has 0 unspecified atom stereocenters. The number of anilines is 2. The van der Waals surface area contributed by atoms with E-state index in [1.54, 1.807) is 30.3 Å². The lowest BCUT2D eigenvalue weighted by molar-refractivity contribution is -0.121. The van der Waals surface area contributed by atoms with Gasteiger partial charge in [0, 0.05) is 162 Å². The molecule has 84 heavy (non-hydrogen) atoms. The van der Waals surface area contributed by atoms with Crippen molar-refractivity contribution in [2.45, 2.75) is 115 Å². The third-order valence-corrected chi connectivity index (χ3v) is 18.5. The number of carbonyl (C=O) groups excluding carboxylic acids is 4. The number of hydrogen-bond donors (Lipinski definition) is 2. The minimum absolute atomic E-state index is 0.0488. The van der Waals surface area contributed by atoms with Crippen molar-refractivity contribution in [1.82, 2.24) is 50.0 Å². The van der Waals surface area contributed by atoms with Crippen LogP contribution in [-0.4, -0.2) is 204 Å². The van der Waals surface area contributed by atoms with E-state index in [0.29, 0.717) is 76.3 Å². The maximum atomic E-state index is 14.4. The molecule has 2 aromatic heterocycles. The van der Waals surface area contributed by atoms with Gasteiger partial charge in [-0.25, -0.2) is 8.78 Å². The Hall–Kier alpha value is -6.54. The number of amides is 4. The van der Waals surface area contributed by atoms with Crippen LogP contribution in [0, 0.1) is 11.6 Å². The summed E-state index contributed by atoms with van der Waals surface area (Å²) in [6.45, 7) is 26.9. The number of rotatable bonds is 14. The van der Waals surface area contributed by atoms with Crippen LogP contribution in [0.15, 0.2) is 97.3 Å². The first-order valence-electron chi connectivity index (χ1n) is 30.3. The fourth-order valence-electron chi connectivity index (χ4n) is 13.8. The van der Waals surface area contributed by atoms with Gasteiger partial charge < -0.3 is 30.2 Å². The Morgan fingerprint density at radius 1 is 0.524 bits per heavy atom. The Morgan fingerprint density at radius 2 is 0.929 bits per heavy atom. The summed E-state index contributed by atoms with van der Waals surface area (Å²) in [4.78, 5) is 84.4. The van der Waals surface area contributed by atoms with Crippen LogP contribution >= 0.6 is 0 Å². The molecule has 0 bridgehead atoms. The van der Waals surface area contributed by atoms with Crippen LogP contribution in [-0.2, 0) is 33.3 Å².